The van der Waals surface area contributed by atoms with Gasteiger partial charge in [-0.2, -0.15) is 0 Å². The molecule has 2 aliphatic heterocycles. The van der Waals surface area contributed by atoms with Crippen molar-refractivity contribution in [2.75, 3.05) is 6.61 Å². The van der Waals surface area contributed by atoms with E-state index in [1.54, 1.807) is 0 Å². The number of H-pyrrole nitrogens is 1. The number of nitrogens with zero attached hydrogens (tertiary/aromatic N) is 1. The van der Waals surface area contributed by atoms with Crippen LogP contribution < -0.4 is 80.2 Å². The number of phosphoric acid groups is 2. The average Bonchev–Trinajstić information content (AvgIpc) is 3.02. The summed E-state index contributed by atoms with van der Waals surface area (Å²) in [7, 11) is -11.6. The van der Waals surface area contributed by atoms with E-state index >= 15 is 0 Å². The van der Waals surface area contributed by atoms with E-state index in [-0.39, 0.29) is 59.1 Å². The quantitative estimate of drug-likeness (QED) is 0.120. The molecule has 0 aliphatic carbocycles. The Labute approximate surface area is 251 Å². The Morgan fingerprint density at radius 3 is 2.19 bits per heavy atom. The first-order valence-corrected chi connectivity index (χ1v) is 12.7. The molecule has 0 bridgehead atoms. The monoisotopic (exact) mass is 594 g/mol. The fourth-order valence-electron chi connectivity index (χ4n) is 3.28. The summed E-state index contributed by atoms with van der Waals surface area (Å²) in [5, 5.41) is 49.2. The predicted octanol–water partition coefficient (Wildman–Crippen LogP) is -11.0. The number of aromatic nitrogens is 2. The van der Waals surface area contributed by atoms with E-state index in [0.29, 0.717) is 4.57 Å². The standard InChI is InChI=1S/C15H24N2O16P2.2Na/c1-5-8(19)10(21)12(23)14(30-5)32-35(27,28)33-34(25,26)29-4-6-9(20)11(22)13(31-6)17-3-2-7(18)16-15(17)24;;/h2-3,5-6,8-14,19-23H,4H2,1H3,(H,25,26)(H,27,28)(H,16,18,24);;/q;2*+1/p-2/t5-,6+,8-,9+,10+,11+,12+,13+,14-;;/m0../s1. The molecule has 6 N–H and O–H groups in total. The van der Waals surface area contributed by atoms with Gasteiger partial charge >= 0.3 is 64.8 Å². The molecule has 200 valence electrons. The Bertz CT molecular complexity index is 1120. The first-order valence-electron chi connectivity index (χ1n) is 9.81. The molecule has 2 saturated heterocycles. The first kappa shape index (κ1) is 35.7. The van der Waals surface area contributed by atoms with Gasteiger partial charge in [0.1, 0.15) is 36.6 Å². The average molecular weight is 594 g/mol. The molecule has 0 radical (unpaired) electrons. The predicted molar refractivity (Wildman–Crippen MR) is 103 cm³/mol. The number of hydrogen-bond acceptors (Lipinski definition) is 16. The number of aliphatic hydroxyl groups excluding tert-OH is 5. The molecular formula is C15H22N2Na2O16P2. The molecule has 1 aromatic rings. The van der Waals surface area contributed by atoms with Crippen LogP contribution in [0.3, 0.4) is 0 Å². The van der Waals surface area contributed by atoms with Crippen molar-refractivity contribution in [3.05, 3.63) is 33.1 Å². The van der Waals surface area contributed by atoms with Crippen LogP contribution >= 0.6 is 15.6 Å². The van der Waals surface area contributed by atoms with Crippen LogP contribution in [-0.4, -0.2) is 90.7 Å². The van der Waals surface area contributed by atoms with Crippen LogP contribution in [0.2, 0.25) is 0 Å². The van der Waals surface area contributed by atoms with Gasteiger partial charge in [-0.25, -0.2) is 9.11 Å². The molecule has 1 aromatic heterocycles. The third-order valence-electron chi connectivity index (χ3n) is 5.10. The molecule has 0 spiro atoms. The minimum absolute atomic E-state index is 0. The van der Waals surface area contributed by atoms with E-state index < -0.39 is 88.7 Å². The number of phosphoric ester groups is 2. The van der Waals surface area contributed by atoms with Gasteiger partial charge in [0.2, 0.25) is 0 Å². The van der Waals surface area contributed by atoms with E-state index in [1.165, 1.54) is 6.92 Å². The number of hydrogen-bond donors (Lipinski definition) is 6. The van der Waals surface area contributed by atoms with E-state index in [2.05, 4.69) is 13.4 Å². The number of aliphatic hydroxyl groups is 5. The van der Waals surface area contributed by atoms with Crippen molar-refractivity contribution >= 4 is 15.6 Å². The van der Waals surface area contributed by atoms with E-state index in [1.807, 2.05) is 4.98 Å². The van der Waals surface area contributed by atoms with Crippen molar-refractivity contribution in [1.82, 2.24) is 9.55 Å². The van der Waals surface area contributed by atoms with Gasteiger partial charge in [0.05, 0.1) is 12.7 Å². The molecule has 2 unspecified atom stereocenters. The fourth-order valence-corrected chi connectivity index (χ4v) is 5.36. The molecule has 3 rings (SSSR count). The Hall–Kier alpha value is 0.660. The summed E-state index contributed by atoms with van der Waals surface area (Å²) in [6.07, 6.45) is -14.7. The second-order valence-corrected chi connectivity index (χ2v) is 10.5. The molecule has 2 aliphatic rings. The van der Waals surface area contributed by atoms with Gasteiger partial charge in [-0.15, -0.1) is 0 Å². The summed E-state index contributed by atoms with van der Waals surface area (Å²) in [6.45, 7) is 0.127. The Kier molecular flexibility index (Phi) is 13.5. The minimum Gasteiger partial charge on any atom is -0.756 e. The van der Waals surface area contributed by atoms with Crippen molar-refractivity contribution in [1.29, 1.82) is 0 Å². The largest absolute Gasteiger partial charge is 1.00 e. The van der Waals surface area contributed by atoms with Crippen LogP contribution in [0.4, 0.5) is 0 Å². The summed E-state index contributed by atoms with van der Waals surface area (Å²) in [5.41, 5.74) is -1.75. The third kappa shape index (κ3) is 8.82. The fraction of sp³-hybridized carbons (Fsp3) is 0.733. The molecule has 3 heterocycles. The zero-order chi connectivity index (χ0) is 26.3. The molecule has 0 aromatic carbocycles. The zero-order valence-electron chi connectivity index (χ0n) is 19.6. The van der Waals surface area contributed by atoms with Crippen molar-refractivity contribution in [3.8, 4) is 0 Å². The van der Waals surface area contributed by atoms with Gasteiger partial charge in [-0.3, -0.25) is 28.0 Å². The molecule has 0 amide bonds. The third-order valence-corrected chi connectivity index (χ3v) is 7.63. The van der Waals surface area contributed by atoms with E-state index in [0.717, 1.165) is 12.3 Å². The maximum atomic E-state index is 12.0. The Morgan fingerprint density at radius 1 is 0.973 bits per heavy atom. The van der Waals surface area contributed by atoms with Crippen LogP contribution in [0.5, 0.6) is 0 Å². The summed E-state index contributed by atoms with van der Waals surface area (Å²) in [4.78, 5) is 48.9. The van der Waals surface area contributed by atoms with Gasteiger partial charge in [-0.05, 0) is 6.92 Å². The second kappa shape index (κ2) is 14.0. The van der Waals surface area contributed by atoms with Crippen LogP contribution in [-0.2, 0) is 32.0 Å². The van der Waals surface area contributed by atoms with Gasteiger partial charge in [0, 0.05) is 12.3 Å². The molecule has 2 fully saturated rings. The molecule has 18 nitrogen and oxygen atoms in total. The summed E-state index contributed by atoms with van der Waals surface area (Å²) in [5.74, 6) is 0. The van der Waals surface area contributed by atoms with Gasteiger partial charge in [-0.1, -0.05) is 0 Å². The maximum absolute atomic E-state index is 12.0. The first-order chi connectivity index (χ1) is 16.1. The van der Waals surface area contributed by atoms with Crippen LogP contribution in [0, 0.1) is 0 Å². The Balaban J connectivity index is 0.00000342. The van der Waals surface area contributed by atoms with Gasteiger partial charge < -0.3 is 49.3 Å². The zero-order valence-corrected chi connectivity index (χ0v) is 25.4. The number of aromatic amines is 1. The summed E-state index contributed by atoms with van der Waals surface area (Å²) in [6, 6.07) is 0.923. The molecular weight excluding hydrogens is 572 g/mol. The number of nitrogens with one attached hydrogen (secondary N) is 1. The summed E-state index contributed by atoms with van der Waals surface area (Å²) >= 11 is 0. The maximum Gasteiger partial charge on any atom is 1.00 e. The van der Waals surface area contributed by atoms with Crippen LogP contribution in [0.1, 0.15) is 13.2 Å². The van der Waals surface area contributed by atoms with Crippen LogP contribution in [0.15, 0.2) is 21.9 Å². The Morgan fingerprint density at radius 2 is 1.59 bits per heavy atom. The van der Waals surface area contributed by atoms with Crippen molar-refractivity contribution in [2.45, 2.75) is 62.2 Å². The topological polar surface area (TPSA) is 282 Å². The smallest absolute Gasteiger partial charge is 0.756 e. The molecule has 11 atom stereocenters. The normalized spacial score (nSPS) is 37.0. The summed E-state index contributed by atoms with van der Waals surface area (Å²) < 4.78 is 47.3. The van der Waals surface area contributed by atoms with Gasteiger partial charge in [0.25, 0.3) is 21.2 Å². The SMILES string of the molecule is C[C@@H]1O[C@@H](OP(=O)([O-])OP(=O)([O-])OC[C@H]2O[C@@H](n3ccc(=O)[nH]c3=O)[C@H](O)[C@@H]2O)[C@H](O)[C@H](O)[C@H]1O.[Na+].[Na+]. The van der Waals surface area contributed by atoms with E-state index in [9.17, 15) is 54.0 Å². The second-order valence-electron chi connectivity index (χ2n) is 7.62. The van der Waals surface area contributed by atoms with Crippen molar-refractivity contribution < 1.29 is 126 Å². The number of ether oxygens (including phenoxy) is 2. The molecule has 22 heteroatoms. The minimum atomic E-state index is -5.81. The molecule has 0 saturated carbocycles. The number of rotatable bonds is 8. The van der Waals surface area contributed by atoms with Crippen LogP contribution in [0.25, 0.3) is 0 Å². The van der Waals surface area contributed by atoms with Crippen molar-refractivity contribution in [3.63, 3.8) is 0 Å². The van der Waals surface area contributed by atoms with Gasteiger partial charge in [0.15, 0.2) is 12.5 Å². The van der Waals surface area contributed by atoms with E-state index in [4.69, 9.17) is 9.47 Å². The molecule has 37 heavy (non-hydrogen) atoms. The van der Waals surface area contributed by atoms with Crippen molar-refractivity contribution in [2.24, 2.45) is 0 Å².